The number of aromatic carboxylic acids is 1. The molecule has 104 valence electrons. The van der Waals surface area contributed by atoms with E-state index in [1.54, 1.807) is 18.2 Å². The molecule has 2 aromatic rings. The molecular formula is C15H16N2O3. The number of hydrogen-bond acceptors (Lipinski definition) is 4. The van der Waals surface area contributed by atoms with E-state index in [2.05, 4.69) is 5.32 Å². The normalized spacial score (nSPS) is 10.2. The molecule has 0 saturated heterocycles. The Morgan fingerprint density at radius 3 is 2.50 bits per heavy atom. The Kier molecular flexibility index (Phi) is 4.10. The van der Waals surface area contributed by atoms with Gasteiger partial charge in [0.05, 0.1) is 16.9 Å². The number of phenols is 1. The molecule has 0 amide bonds. The van der Waals surface area contributed by atoms with Crippen LogP contribution in [0.15, 0.2) is 42.5 Å². The summed E-state index contributed by atoms with van der Waals surface area (Å²) in [4.78, 5) is 10.9. The molecule has 0 heterocycles. The molecule has 20 heavy (non-hydrogen) atoms. The molecule has 5 heteroatoms. The van der Waals surface area contributed by atoms with Gasteiger partial charge in [-0.1, -0.05) is 12.1 Å². The van der Waals surface area contributed by atoms with Crippen molar-refractivity contribution in [1.82, 2.24) is 0 Å². The van der Waals surface area contributed by atoms with Crippen molar-refractivity contribution in [1.29, 1.82) is 0 Å². The first-order valence-electron chi connectivity index (χ1n) is 6.21. The summed E-state index contributed by atoms with van der Waals surface area (Å²) >= 11 is 0. The molecule has 0 radical (unpaired) electrons. The van der Waals surface area contributed by atoms with Crippen LogP contribution in [0.3, 0.4) is 0 Å². The van der Waals surface area contributed by atoms with Crippen molar-refractivity contribution >= 4 is 17.3 Å². The number of hydrogen-bond donors (Lipinski definition) is 4. The Balaban J connectivity index is 1.98. The number of nitrogens with one attached hydrogen (secondary N) is 1. The Morgan fingerprint density at radius 2 is 1.85 bits per heavy atom. The van der Waals surface area contributed by atoms with Crippen LogP contribution in [0.2, 0.25) is 0 Å². The first kappa shape index (κ1) is 13.7. The summed E-state index contributed by atoms with van der Waals surface area (Å²) in [5.41, 5.74) is 8.20. The lowest BCUT2D eigenvalue weighted by Gasteiger charge is -2.10. The summed E-state index contributed by atoms with van der Waals surface area (Å²) < 4.78 is 0. The van der Waals surface area contributed by atoms with Crippen LogP contribution >= 0.6 is 0 Å². The minimum absolute atomic E-state index is 0.200. The highest BCUT2D eigenvalue weighted by atomic mass is 16.4. The summed E-state index contributed by atoms with van der Waals surface area (Å²) in [6.45, 7) is 0.623. The predicted molar refractivity (Wildman–Crippen MR) is 78.1 cm³/mol. The summed E-state index contributed by atoms with van der Waals surface area (Å²) in [6, 6.07) is 11.5. The highest BCUT2D eigenvalue weighted by Crippen LogP contribution is 2.20. The van der Waals surface area contributed by atoms with Crippen LogP contribution in [0.4, 0.5) is 11.4 Å². The lowest BCUT2D eigenvalue weighted by molar-refractivity contribution is 0.0697. The van der Waals surface area contributed by atoms with Crippen molar-refractivity contribution in [3.63, 3.8) is 0 Å². The van der Waals surface area contributed by atoms with Gasteiger partial charge in [-0.25, -0.2) is 4.79 Å². The number of nitrogens with two attached hydrogens (primary N) is 1. The maximum Gasteiger partial charge on any atom is 0.335 e. The zero-order chi connectivity index (χ0) is 14.5. The fraction of sp³-hybridized carbons (Fsp3) is 0.133. The topological polar surface area (TPSA) is 95.6 Å². The highest BCUT2D eigenvalue weighted by Gasteiger charge is 2.06. The molecule has 5 nitrogen and oxygen atoms in total. The fourth-order valence-corrected chi connectivity index (χ4v) is 1.85. The lowest BCUT2D eigenvalue weighted by atomic mass is 10.1. The molecule has 0 atom stereocenters. The van der Waals surface area contributed by atoms with Gasteiger partial charge < -0.3 is 21.3 Å². The standard InChI is InChI=1S/C15H16N2O3/c16-13-6-3-11(15(19)20)9-14(13)17-8-7-10-1-4-12(18)5-2-10/h1-6,9,17-18H,7-8,16H2,(H,19,20). The van der Waals surface area contributed by atoms with E-state index >= 15 is 0 Å². The number of nitrogen functional groups attached to an aromatic ring is 1. The molecule has 0 unspecified atom stereocenters. The molecule has 2 aromatic carbocycles. The smallest absolute Gasteiger partial charge is 0.335 e. The van der Waals surface area contributed by atoms with Gasteiger partial charge in [0.1, 0.15) is 5.75 Å². The maximum absolute atomic E-state index is 10.9. The fourth-order valence-electron chi connectivity index (χ4n) is 1.85. The molecule has 5 N–H and O–H groups in total. The van der Waals surface area contributed by atoms with Gasteiger partial charge in [-0.3, -0.25) is 0 Å². The zero-order valence-corrected chi connectivity index (χ0v) is 10.8. The van der Waals surface area contributed by atoms with E-state index in [1.807, 2.05) is 12.1 Å². The van der Waals surface area contributed by atoms with Gasteiger partial charge in [-0.15, -0.1) is 0 Å². The minimum atomic E-state index is -0.980. The second-order valence-corrected chi connectivity index (χ2v) is 4.45. The van der Waals surface area contributed by atoms with Crippen molar-refractivity contribution < 1.29 is 15.0 Å². The monoisotopic (exact) mass is 272 g/mol. The third-order valence-corrected chi connectivity index (χ3v) is 2.97. The van der Waals surface area contributed by atoms with E-state index in [1.165, 1.54) is 12.1 Å². The summed E-state index contributed by atoms with van der Waals surface area (Å²) in [5.74, 6) is -0.744. The number of carbonyl (C=O) groups is 1. The van der Waals surface area contributed by atoms with Crippen LogP contribution in [0, 0.1) is 0 Å². The molecule has 0 saturated carbocycles. The second-order valence-electron chi connectivity index (χ2n) is 4.45. The number of benzene rings is 2. The van der Waals surface area contributed by atoms with Gasteiger partial charge in [0.15, 0.2) is 0 Å². The number of rotatable bonds is 5. The van der Waals surface area contributed by atoms with Crippen LogP contribution < -0.4 is 11.1 Å². The highest BCUT2D eigenvalue weighted by molar-refractivity contribution is 5.90. The largest absolute Gasteiger partial charge is 0.508 e. The third-order valence-electron chi connectivity index (χ3n) is 2.97. The van der Waals surface area contributed by atoms with Gasteiger partial charge in [0, 0.05) is 6.54 Å². The molecule has 0 spiro atoms. The summed E-state index contributed by atoms with van der Waals surface area (Å²) in [6.07, 6.45) is 0.747. The van der Waals surface area contributed by atoms with Crippen LogP contribution in [0.1, 0.15) is 15.9 Å². The first-order valence-corrected chi connectivity index (χ1v) is 6.21. The Morgan fingerprint density at radius 1 is 1.15 bits per heavy atom. The minimum Gasteiger partial charge on any atom is -0.508 e. The summed E-state index contributed by atoms with van der Waals surface area (Å²) in [7, 11) is 0. The van der Waals surface area contributed by atoms with Crippen molar-refractivity contribution in [2.45, 2.75) is 6.42 Å². The van der Waals surface area contributed by atoms with Crippen LogP contribution in [0.25, 0.3) is 0 Å². The van der Waals surface area contributed by atoms with Crippen molar-refractivity contribution in [2.75, 3.05) is 17.6 Å². The number of carboxylic acid groups (broad SMARTS) is 1. The third kappa shape index (κ3) is 3.41. The molecule has 0 aliphatic heterocycles. The van der Waals surface area contributed by atoms with E-state index in [9.17, 15) is 9.90 Å². The number of phenolic OH excluding ortho intramolecular Hbond substituents is 1. The van der Waals surface area contributed by atoms with Gasteiger partial charge in [0.2, 0.25) is 0 Å². The van der Waals surface area contributed by atoms with E-state index in [0.717, 1.165) is 12.0 Å². The number of anilines is 2. The van der Waals surface area contributed by atoms with Crippen molar-refractivity contribution in [3.05, 3.63) is 53.6 Å². The zero-order valence-electron chi connectivity index (χ0n) is 10.8. The maximum atomic E-state index is 10.9. The Hall–Kier alpha value is -2.69. The van der Waals surface area contributed by atoms with Crippen LogP contribution in [-0.2, 0) is 6.42 Å². The van der Waals surface area contributed by atoms with E-state index in [0.29, 0.717) is 17.9 Å². The van der Waals surface area contributed by atoms with Gasteiger partial charge >= 0.3 is 5.97 Å². The van der Waals surface area contributed by atoms with Crippen LogP contribution in [-0.4, -0.2) is 22.7 Å². The van der Waals surface area contributed by atoms with Gasteiger partial charge in [-0.2, -0.15) is 0 Å². The van der Waals surface area contributed by atoms with E-state index in [4.69, 9.17) is 10.8 Å². The molecule has 0 aliphatic rings. The number of aromatic hydroxyl groups is 1. The Bertz CT molecular complexity index is 609. The Labute approximate surface area is 116 Å². The predicted octanol–water partition coefficient (Wildman–Crippen LogP) is 2.33. The molecule has 0 aromatic heterocycles. The molecule has 0 aliphatic carbocycles. The van der Waals surface area contributed by atoms with E-state index in [-0.39, 0.29) is 11.3 Å². The quantitative estimate of drug-likeness (QED) is 0.626. The molecular weight excluding hydrogens is 256 g/mol. The van der Waals surface area contributed by atoms with Crippen LogP contribution in [0.5, 0.6) is 5.75 Å². The second kappa shape index (κ2) is 5.97. The average molecular weight is 272 g/mol. The lowest BCUT2D eigenvalue weighted by Crippen LogP contribution is -2.08. The summed E-state index contributed by atoms with van der Waals surface area (Å²) in [5, 5.41) is 21.2. The SMILES string of the molecule is Nc1ccc(C(=O)O)cc1NCCc1ccc(O)cc1. The molecule has 0 fully saturated rings. The first-order chi connectivity index (χ1) is 9.56. The van der Waals surface area contributed by atoms with Gasteiger partial charge in [0.25, 0.3) is 0 Å². The van der Waals surface area contributed by atoms with Gasteiger partial charge in [-0.05, 0) is 42.3 Å². The van der Waals surface area contributed by atoms with Crippen molar-refractivity contribution in [2.24, 2.45) is 0 Å². The molecule has 2 rings (SSSR count). The van der Waals surface area contributed by atoms with Crippen molar-refractivity contribution in [3.8, 4) is 5.75 Å². The number of carboxylic acids is 1. The average Bonchev–Trinajstić information content (AvgIpc) is 2.43. The molecule has 0 bridgehead atoms. The van der Waals surface area contributed by atoms with E-state index < -0.39 is 5.97 Å².